The Bertz CT molecular complexity index is 908. The van der Waals surface area contributed by atoms with E-state index in [-0.39, 0.29) is 16.6 Å². The number of nitrogens with one attached hydrogen (secondary N) is 2. The van der Waals surface area contributed by atoms with E-state index in [0.717, 1.165) is 5.38 Å². The summed E-state index contributed by atoms with van der Waals surface area (Å²) in [7, 11) is -3.56. The number of sulfonamides is 1. The van der Waals surface area contributed by atoms with Crippen LogP contribution in [0.3, 0.4) is 0 Å². The lowest BCUT2D eigenvalue weighted by atomic mass is 10.2. The Morgan fingerprint density at radius 1 is 1.18 bits per heavy atom. The van der Waals surface area contributed by atoms with E-state index in [0.29, 0.717) is 30.0 Å². The third kappa shape index (κ3) is 5.42. The molecule has 0 fully saturated rings. The molecule has 7 nitrogen and oxygen atoms in total. The van der Waals surface area contributed by atoms with E-state index >= 15 is 0 Å². The number of hydrogen-bond donors (Lipinski definition) is 2. The van der Waals surface area contributed by atoms with Gasteiger partial charge in [0.25, 0.3) is 0 Å². The second-order valence-electron chi connectivity index (χ2n) is 5.58. The van der Waals surface area contributed by atoms with Gasteiger partial charge in [0.05, 0.1) is 4.90 Å². The molecule has 12 heteroatoms. The summed E-state index contributed by atoms with van der Waals surface area (Å²) >= 11 is 0.664. The number of urea groups is 1. The van der Waals surface area contributed by atoms with Crippen LogP contribution in [0.2, 0.25) is 0 Å². The normalized spacial score (nSPS) is 12.2. The van der Waals surface area contributed by atoms with Gasteiger partial charge in [-0.3, -0.25) is 5.32 Å². The smallest absolute Gasteiger partial charge is 0.334 e. The largest absolute Gasteiger partial charge is 0.434 e. The highest BCUT2D eigenvalue weighted by atomic mass is 32.2. The molecule has 154 valence electrons. The van der Waals surface area contributed by atoms with Gasteiger partial charge in [-0.25, -0.2) is 18.2 Å². The summed E-state index contributed by atoms with van der Waals surface area (Å²) in [5.41, 5.74) is -0.443. The highest BCUT2D eigenvalue weighted by molar-refractivity contribution is 7.89. The topological polar surface area (TPSA) is 91.4 Å². The lowest BCUT2D eigenvalue weighted by Crippen LogP contribution is -2.30. The van der Waals surface area contributed by atoms with Gasteiger partial charge in [-0.05, 0) is 17.7 Å². The summed E-state index contributed by atoms with van der Waals surface area (Å²) in [4.78, 5) is 15.2. The highest BCUT2D eigenvalue weighted by Crippen LogP contribution is 2.31. The van der Waals surface area contributed by atoms with Crippen LogP contribution in [-0.4, -0.2) is 36.8 Å². The first-order valence-corrected chi connectivity index (χ1v) is 10.6. The van der Waals surface area contributed by atoms with Crippen LogP contribution < -0.4 is 10.6 Å². The number of nitrogens with zero attached hydrogens (tertiary/aromatic N) is 2. The molecule has 2 rings (SSSR count). The van der Waals surface area contributed by atoms with Crippen LogP contribution in [0, 0.1) is 0 Å². The van der Waals surface area contributed by atoms with Crippen molar-refractivity contribution >= 4 is 32.5 Å². The molecule has 0 unspecified atom stereocenters. The molecule has 2 aromatic rings. The van der Waals surface area contributed by atoms with Gasteiger partial charge >= 0.3 is 12.2 Å². The summed E-state index contributed by atoms with van der Waals surface area (Å²) in [6.07, 6.45) is -4.57. The van der Waals surface area contributed by atoms with Crippen LogP contribution in [-0.2, 0) is 22.7 Å². The molecule has 0 saturated carbocycles. The average molecular weight is 436 g/mol. The summed E-state index contributed by atoms with van der Waals surface area (Å²) in [6.45, 7) is 4.27. The lowest BCUT2D eigenvalue weighted by molar-refractivity contribution is -0.140. The standard InChI is InChI=1S/C16H19F3N4O3S2/c1-3-23(4-2)28(25,26)12-7-5-11(6-8-12)9-20-14(24)22-15-21-13(10-27-15)16(17,18)19/h5-8,10H,3-4,9H2,1-2H3,(H2,20,21,22,24). The maximum absolute atomic E-state index is 12.5. The van der Waals surface area contributed by atoms with E-state index in [1.165, 1.54) is 16.4 Å². The van der Waals surface area contributed by atoms with Crippen molar-refractivity contribution < 1.29 is 26.4 Å². The van der Waals surface area contributed by atoms with E-state index in [2.05, 4.69) is 15.6 Å². The Morgan fingerprint density at radius 3 is 2.29 bits per heavy atom. The molecule has 0 saturated heterocycles. The molecule has 1 heterocycles. The van der Waals surface area contributed by atoms with Gasteiger partial charge in [0.2, 0.25) is 10.0 Å². The van der Waals surface area contributed by atoms with Crippen LogP contribution in [0.5, 0.6) is 0 Å². The van der Waals surface area contributed by atoms with Gasteiger partial charge in [0.1, 0.15) is 0 Å². The molecular formula is C16H19F3N4O3S2. The third-order valence-corrected chi connectivity index (χ3v) is 6.56. The number of hydrogen-bond acceptors (Lipinski definition) is 5. The third-order valence-electron chi connectivity index (χ3n) is 3.73. The maximum Gasteiger partial charge on any atom is 0.434 e. The molecule has 0 aliphatic heterocycles. The van der Waals surface area contributed by atoms with Gasteiger partial charge in [0, 0.05) is 25.0 Å². The molecule has 2 amide bonds. The number of alkyl halides is 3. The van der Waals surface area contributed by atoms with Crippen molar-refractivity contribution in [3.8, 4) is 0 Å². The molecule has 1 aromatic carbocycles. The zero-order valence-corrected chi connectivity index (χ0v) is 16.7. The number of carbonyl (C=O) groups is 1. The fourth-order valence-electron chi connectivity index (χ4n) is 2.28. The summed E-state index contributed by atoms with van der Waals surface area (Å²) in [5, 5.41) is 5.33. The number of thiazole rings is 1. The Labute approximate surface area is 164 Å². The monoisotopic (exact) mass is 436 g/mol. The van der Waals surface area contributed by atoms with Gasteiger partial charge in [-0.15, -0.1) is 11.3 Å². The Balaban J connectivity index is 1.94. The number of rotatable bonds is 7. The number of anilines is 1. The minimum absolute atomic E-state index is 0.0644. The maximum atomic E-state index is 12.5. The Morgan fingerprint density at radius 2 is 1.79 bits per heavy atom. The quantitative estimate of drug-likeness (QED) is 0.695. The van der Waals surface area contributed by atoms with E-state index < -0.39 is 27.9 Å². The molecule has 0 aliphatic carbocycles. The molecular weight excluding hydrogens is 417 g/mol. The number of carbonyl (C=O) groups excluding carboxylic acids is 1. The van der Waals surface area contributed by atoms with Gasteiger partial charge in [0.15, 0.2) is 10.8 Å². The summed E-state index contributed by atoms with van der Waals surface area (Å²) in [6, 6.07) is 5.28. The first-order chi connectivity index (χ1) is 13.1. The predicted molar refractivity (Wildman–Crippen MR) is 99.5 cm³/mol. The van der Waals surface area contributed by atoms with Crippen LogP contribution in [0.25, 0.3) is 0 Å². The van der Waals surface area contributed by atoms with Crippen LogP contribution in [0.4, 0.5) is 23.1 Å². The van der Waals surface area contributed by atoms with E-state index in [4.69, 9.17) is 0 Å². The number of aromatic nitrogens is 1. The van der Waals surface area contributed by atoms with Gasteiger partial charge in [-0.2, -0.15) is 17.5 Å². The molecule has 0 radical (unpaired) electrons. The first kappa shape index (κ1) is 22.1. The molecule has 1 aromatic heterocycles. The van der Waals surface area contributed by atoms with Crippen molar-refractivity contribution in [3.05, 3.63) is 40.9 Å². The van der Waals surface area contributed by atoms with Crippen LogP contribution in [0.1, 0.15) is 25.1 Å². The molecule has 0 bridgehead atoms. The van der Waals surface area contributed by atoms with E-state index in [9.17, 15) is 26.4 Å². The van der Waals surface area contributed by atoms with Gasteiger partial charge < -0.3 is 5.32 Å². The Kier molecular flexibility index (Phi) is 7.01. The molecule has 2 N–H and O–H groups in total. The van der Waals surface area contributed by atoms with Crippen molar-refractivity contribution in [1.82, 2.24) is 14.6 Å². The first-order valence-electron chi connectivity index (χ1n) is 8.24. The van der Waals surface area contributed by atoms with Crippen molar-refractivity contribution in [1.29, 1.82) is 0 Å². The minimum atomic E-state index is -4.57. The zero-order valence-electron chi connectivity index (χ0n) is 15.1. The summed E-state index contributed by atoms with van der Waals surface area (Å²) in [5.74, 6) is 0. The van der Waals surface area contributed by atoms with Crippen molar-refractivity contribution in [2.75, 3.05) is 18.4 Å². The van der Waals surface area contributed by atoms with Crippen molar-refractivity contribution in [2.45, 2.75) is 31.5 Å². The average Bonchev–Trinajstić information content (AvgIpc) is 3.10. The van der Waals surface area contributed by atoms with Crippen molar-refractivity contribution in [3.63, 3.8) is 0 Å². The second-order valence-corrected chi connectivity index (χ2v) is 8.37. The number of benzene rings is 1. The second kappa shape index (κ2) is 8.88. The van der Waals surface area contributed by atoms with Crippen LogP contribution in [0.15, 0.2) is 34.5 Å². The number of amides is 2. The van der Waals surface area contributed by atoms with Crippen LogP contribution >= 0.6 is 11.3 Å². The summed E-state index contributed by atoms with van der Waals surface area (Å²) < 4.78 is 63.6. The number of halogens is 3. The van der Waals surface area contributed by atoms with E-state index in [1.807, 2.05) is 0 Å². The molecule has 0 spiro atoms. The fourth-order valence-corrected chi connectivity index (χ4v) is 4.45. The Hall–Kier alpha value is -2.18. The molecule has 0 atom stereocenters. The molecule has 28 heavy (non-hydrogen) atoms. The predicted octanol–water partition coefficient (Wildman–Crippen LogP) is 3.51. The lowest BCUT2D eigenvalue weighted by Gasteiger charge is -2.18. The highest BCUT2D eigenvalue weighted by Gasteiger charge is 2.33. The van der Waals surface area contributed by atoms with E-state index in [1.54, 1.807) is 26.0 Å². The molecule has 0 aliphatic rings. The minimum Gasteiger partial charge on any atom is -0.334 e. The SMILES string of the molecule is CCN(CC)S(=O)(=O)c1ccc(CNC(=O)Nc2nc(C(F)(F)F)cs2)cc1. The van der Waals surface area contributed by atoms with Gasteiger partial charge in [-0.1, -0.05) is 26.0 Å². The van der Waals surface area contributed by atoms with Crippen molar-refractivity contribution in [2.24, 2.45) is 0 Å². The fraction of sp³-hybridized carbons (Fsp3) is 0.375. The zero-order chi connectivity index (χ0) is 20.9.